The second-order valence-corrected chi connectivity index (χ2v) is 23.3. The lowest BCUT2D eigenvalue weighted by Crippen LogP contribution is -2.17. The number of hydrogen-bond donors (Lipinski definition) is 0. The van der Waals surface area contributed by atoms with E-state index in [0.717, 1.165) is 11.4 Å². The van der Waals surface area contributed by atoms with Crippen LogP contribution in [0.4, 0.5) is 34.1 Å². The Balaban J connectivity index is 0.679. The maximum absolute atomic E-state index is 2.47. The molecule has 0 radical (unpaired) electrons. The molecule has 13 aromatic carbocycles. The highest BCUT2D eigenvalue weighted by molar-refractivity contribution is 6.07. The van der Waals surface area contributed by atoms with Crippen LogP contribution in [0.3, 0.4) is 0 Å². The van der Waals surface area contributed by atoms with E-state index in [1.54, 1.807) is 0 Å². The fourth-order valence-corrected chi connectivity index (χ4v) is 13.5. The number of anilines is 6. The van der Waals surface area contributed by atoms with Crippen LogP contribution in [0.1, 0.15) is 72.2 Å². The lowest BCUT2D eigenvalue weighted by Gasteiger charge is -2.30. The second-order valence-electron chi connectivity index (χ2n) is 23.3. The lowest BCUT2D eigenvalue weighted by molar-refractivity contribution is 0.660. The van der Waals surface area contributed by atoms with E-state index in [0.29, 0.717) is 0 Å². The third-order valence-electron chi connectivity index (χ3n) is 17.8. The molecule has 0 saturated heterocycles. The van der Waals surface area contributed by atoms with E-state index >= 15 is 0 Å². The SMILES string of the molecule is CC1(C)c2cc(C=Cc3ccc(C=Cc4ccc5c(c4)C(C)(C)c4cc(N(c6cccc7ccccc67)c6cccc7ccccc67)ccc4-5)cc3)ccc2-c2ccc(N(c3cccc4ccccc34)c3cccc4ccccc34)cc21. The Kier molecular flexibility index (Phi) is 11.6. The first-order valence-electron chi connectivity index (χ1n) is 28.7. The Morgan fingerprint density at radius 3 is 0.829 bits per heavy atom. The summed E-state index contributed by atoms with van der Waals surface area (Å²) >= 11 is 0. The summed E-state index contributed by atoms with van der Waals surface area (Å²) < 4.78 is 0. The van der Waals surface area contributed by atoms with E-state index in [-0.39, 0.29) is 10.8 Å². The number of benzene rings is 13. The van der Waals surface area contributed by atoms with Crippen molar-refractivity contribution in [1.29, 1.82) is 0 Å². The fourth-order valence-electron chi connectivity index (χ4n) is 13.5. The molecule has 2 nitrogen and oxygen atoms in total. The molecule has 0 amide bonds. The van der Waals surface area contributed by atoms with Crippen molar-refractivity contribution in [3.63, 3.8) is 0 Å². The van der Waals surface area contributed by atoms with Crippen LogP contribution in [-0.2, 0) is 10.8 Å². The molecule has 13 aromatic rings. The van der Waals surface area contributed by atoms with Crippen LogP contribution in [0.15, 0.2) is 267 Å². The zero-order chi connectivity index (χ0) is 55.1. The Labute approximate surface area is 480 Å². The third-order valence-corrected chi connectivity index (χ3v) is 17.8. The maximum Gasteiger partial charge on any atom is 0.0540 e. The Hall–Kier alpha value is -10.0. The van der Waals surface area contributed by atoms with Gasteiger partial charge in [0.15, 0.2) is 0 Å². The molecule has 2 aliphatic rings. The van der Waals surface area contributed by atoms with Crippen molar-refractivity contribution in [2.75, 3.05) is 9.80 Å². The topological polar surface area (TPSA) is 6.48 Å². The van der Waals surface area contributed by atoms with Gasteiger partial charge < -0.3 is 9.80 Å². The van der Waals surface area contributed by atoms with Crippen molar-refractivity contribution < 1.29 is 0 Å². The summed E-state index contributed by atoms with van der Waals surface area (Å²) in [7, 11) is 0. The Bertz CT molecular complexity index is 4280. The average molecular weight is 1050 g/mol. The molecule has 2 heteroatoms. The molecule has 0 aromatic heterocycles. The van der Waals surface area contributed by atoms with Gasteiger partial charge in [0.1, 0.15) is 0 Å². The first kappa shape index (κ1) is 49.1. The molecule has 0 fully saturated rings. The maximum atomic E-state index is 2.47. The largest absolute Gasteiger partial charge is 0.309 e. The molecular weight excluding hydrogens is 989 g/mol. The minimum Gasteiger partial charge on any atom is -0.309 e. The highest BCUT2D eigenvalue weighted by Gasteiger charge is 2.38. The van der Waals surface area contributed by atoms with Gasteiger partial charge in [-0.25, -0.2) is 0 Å². The van der Waals surface area contributed by atoms with Gasteiger partial charge in [0.25, 0.3) is 0 Å². The highest BCUT2D eigenvalue weighted by Crippen LogP contribution is 2.54. The molecule has 0 unspecified atom stereocenters. The summed E-state index contributed by atoms with van der Waals surface area (Å²) in [4.78, 5) is 4.94. The van der Waals surface area contributed by atoms with Gasteiger partial charge in [-0.3, -0.25) is 0 Å². The average Bonchev–Trinajstić information content (AvgIpc) is 3.33. The highest BCUT2D eigenvalue weighted by atomic mass is 15.2. The second kappa shape index (κ2) is 19.4. The van der Waals surface area contributed by atoms with Gasteiger partial charge in [0, 0.05) is 43.7 Å². The van der Waals surface area contributed by atoms with Crippen LogP contribution in [0, 0.1) is 0 Å². The summed E-state index contributed by atoms with van der Waals surface area (Å²) in [5.74, 6) is 0. The number of rotatable bonds is 10. The molecule has 0 spiro atoms. The van der Waals surface area contributed by atoms with Crippen molar-refractivity contribution in [3.8, 4) is 22.3 Å². The predicted molar refractivity (Wildman–Crippen MR) is 352 cm³/mol. The van der Waals surface area contributed by atoms with Gasteiger partial charge in [-0.1, -0.05) is 270 Å². The summed E-state index contributed by atoms with van der Waals surface area (Å²) in [6.07, 6.45) is 9.00. The van der Waals surface area contributed by atoms with Gasteiger partial charge in [-0.05, 0) is 137 Å². The molecule has 0 bridgehead atoms. The van der Waals surface area contributed by atoms with Gasteiger partial charge in [-0.15, -0.1) is 0 Å². The molecule has 0 saturated carbocycles. The fraction of sp³-hybridized carbons (Fsp3) is 0.0750. The van der Waals surface area contributed by atoms with Crippen molar-refractivity contribution >= 4 is 102 Å². The molecule has 2 aliphatic carbocycles. The van der Waals surface area contributed by atoms with Crippen LogP contribution in [0.5, 0.6) is 0 Å². The van der Waals surface area contributed by atoms with Crippen LogP contribution < -0.4 is 9.80 Å². The van der Waals surface area contributed by atoms with E-state index in [1.165, 1.54) is 133 Å². The van der Waals surface area contributed by atoms with Crippen molar-refractivity contribution in [2.45, 2.75) is 38.5 Å². The van der Waals surface area contributed by atoms with Gasteiger partial charge in [0.05, 0.1) is 22.7 Å². The standard InChI is InChI=1S/C80H60N2/c1-79(2)71-49-55(41-45-67(71)69-47-43-61(51-73(69)79)81(75-29-13-21-57-17-5-9-25-63(57)75)76-30-14-22-58-18-6-10-26-64(58)76)39-37-53-33-35-54(36-34-53)38-40-56-42-46-68-70-48-44-62(52-74(70)80(3,4)72(68)50-56)82(77-31-15-23-59-19-7-11-27-65(59)77)78-32-16-24-60-20-8-12-28-66(60)78/h5-52H,1-4H3. The zero-order valence-corrected chi connectivity index (χ0v) is 46.6. The summed E-state index contributed by atoms with van der Waals surface area (Å²) in [6.45, 7) is 9.53. The van der Waals surface area contributed by atoms with E-state index in [4.69, 9.17) is 0 Å². The van der Waals surface area contributed by atoms with E-state index in [1.807, 2.05) is 0 Å². The number of nitrogens with zero attached hydrogens (tertiary/aromatic N) is 2. The van der Waals surface area contributed by atoms with E-state index in [2.05, 4.69) is 329 Å². The molecule has 0 atom stereocenters. The van der Waals surface area contributed by atoms with Gasteiger partial charge >= 0.3 is 0 Å². The van der Waals surface area contributed by atoms with E-state index < -0.39 is 0 Å². The third kappa shape index (κ3) is 8.16. The Morgan fingerprint density at radius 2 is 0.500 bits per heavy atom. The summed E-state index contributed by atoms with van der Waals surface area (Å²) in [5.41, 5.74) is 21.9. The Morgan fingerprint density at radius 1 is 0.244 bits per heavy atom. The van der Waals surface area contributed by atoms with Crippen LogP contribution >= 0.6 is 0 Å². The van der Waals surface area contributed by atoms with Gasteiger partial charge in [0.2, 0.25) is 0 Å². The first-order chi connectivity index (χ1) is 40.2. The molecule has 0 heterocycles. The van der Waals surface area contributed by atoms with Crippen LogP contribution in [-0.4, -0.2) is 0 Å². The van der Waals surface area contributed by atoms with Crippen molar-refractivity contribution in [2.24, 2.45) is 0 Å². The molecular formula is C80H60N2. The number of hydrogen-bond acceptors (Lipinski definition) is 2. The first-order valence-corrected chi connectivity index (χ1v) is 28.7. The zero-order valence-electron chi connectivity index (χ0n) is 46.6. The molecule has 0 aliphatic heterocycles. The quantitative estimate of drug-likeness (QED) is 0.126. The summed E-state index contributed by atoms with van der Waals surface area (Å²) in [5, 5.41) is 9.81. The summed E-state index contributed by atoms with van der Waals surface area (Å²) in [6, 6.07) is 98.6. The minimum absolute atomic E-state index is 0.205. The predicted octanol–water partition coefficient (Wildman–Crippen LogP) is 22.2. The normalized spacial score (nSPS) is 13.7. The monoisotopic (exact) mass is 1050 g/mol. The number of fused-ring (bicyclic) bond motifs is 10. The van der Waals surface area contributed by atoms with Crippen LogP contribution in [0.2, 0.25) is 0 Å². The minimum atomic E-state index is -0.205. The molecule has 0 N–H and O–H groups in total. The lowest BCUT2D eigenvalue weighted by atomic mass is 9.81. The molecule has 82 heavy (non-hydrogen) atoms. The van der Waals surface area contributed by atoms with Crippen molar-refractivity contribution in [3.05, 3.63) is 311 Å². The molecule has 15 rings (SSSR count). The van der Waals surface area contributed by atoms with E-state index in [9.17, 15) is 0 Å². The molecule has 390 valence electrons. The van der Waals surface area contributed by atoms with Crippen molar-refractivity contribution in [1.82, 2.24) is 0 Å². The van der Waals surface area contributed by atoms with Crippen LogP contribution in [0.25, 0.3) is 89.6 Å². The van der Waals surface area contributed by atoms with Gasteiger partial charge in [-0.2, -0.15) is 0 Å². The smallest absolute Gasteiger partial charge is 0.0540 e.